The SMILES string of the molecule is O=CN1CCN(c2ccc(C(=O)NCc3ccc4c(c3)OCO4)nc2)CC1. The Labute approximate surface area is 156 Å². The van der Waals surface area contributed by atoms with Crippen molar-refractivity contribution in [2.75, 3.05) is 37.9 Å². The highest BCUT2D eigenvalue weighted by atomic mass is 16.7. The predicted molar refractivity (Wildman–Crippen MR) is 97.8 cm³/mol. The molecular formula is C19H20N4O4. The number of piperazine rings is 1. The van der Waals surface area contributed by atoms with E-state index in [0.29, 0.717) is 31.1 Å². The Morgan fingerprint density at radius 1 is 1.11 bits per heavy atom. The number of hydrogen-bond donors (Lipinski definition) is 1. The second-order valence-electron chi connectivity index (χ2n) is 6.40. The molecule has 0 atom stereocenters. The van der Waals surface area contributed by atoms with Crippen LogP contribution in [0, 0.1) is 0 Å². The fraction of sp³-hybridized carbons (Fsp3) is 0.316. The molecule has 4 rings (SSSR count). The Hall–Kier alpha value is -3.29. The Morgan fingerprint density at radius 3 is 2.67 bits per heavy atom. The van der Waals surface area contributed by atoms with E-state index < -0.39 is 0 Å². The second-order valence-corrected chi connectivity index (χ2v) is 6.40. The molecule has 1 fully saturated rings. The Morgan fingerprint density at radius 2 is 1.93 bits per heavy atom. The highest BCUT2D eigenvalue weighted by Crippen LogP contribution is 2.32. The highest BCUT2D eigenvalue weighted by molar-refractivity contribution is 5.92. The van der Waals surface area contributed by atoms with Crippen LogP contribution in [0.25, 0.3) is 0 Å². The van der Waals surface area contributed by atoms with Crippen LogP contribution in [-0.4, -0.2) is 55.2 Å². The molecule has 2 amide bonds. The number of carbonyl (C=O) groups is 2. The van der Waals surface area contributed by atoms with Crippen LogP contribution in [0.5, 0.6) is 11.5 Å². The maximum absolute atomic E-state index is 12.3. The van der Waals surface area contributed by atoms with Crippen LogP contribution < -0.4 is 19.7 Å². The van der Waals surface area contributed by atoms with Crippen LogP contribution in [0.1, 0.15) is 16.1 Å². The molecule has 8 nitrogen and oxygen atoms in total. The van der Waals surface area contributed by atoms with Gasteiger partial charge in [-0.1, -0.05) is 6.07 Å². The first kappa shape index (κ1) is 17.1. The number of ether oxygens (including phenoxy) is 2. The summed E-state index contributed by atoms with van der Waals surface area (Å²) in [5, 5.41) is 2.86. The smallest absolute Gasteiger partial charge is 0.270 e. The Bertz CT molecular complexity index is 832. The number of hydrogen-bond acceptors (Lipinski definition) is 6. The lowest BCUT2D eigenvalue weighted by molar-refractivity contribution is -0.118. The fourth-order valence-electron chi connectivity index (χ4n) is 3.12. The van der Waals surface area contributed by atoms with E-state index in [4.69, 9.17) is 9.47 Å². The van der Waals surface area contributed by atoms with Crippen molar-refractivity contribution in [3.8, 4) is 11.5 Å². The highest BCUT2D eigenvalue weighted by Gasteiger charge is 2.17. The third-order valence-electron chi connectivity index (χ3n) is 4.70. The van der Waals surface area contributed by atoms with E-state index in [1.807, 2.05) is 24.3 Å². The van der Waals surface area contributed by atoms with Gasteiger partial charge in [-0.15, -0.1) is 0 Å². The van der Waals surface area contributed by atoms with Gasteiger partial charge in [-0.2, -0.15) is 0 Å². The first-order valence-corrected chi connectivity index (χ1v) is 8.80. The zero-order valence-electron chi connectivity index (χ0n) is 14.8. The van der Waals surface area contributed by atoms with Crippen molar-refractivity contribution < 1.29 is 19.1 Å². The number of pyridine rings is 1. The molecule has 8 heteroatoms. The van der Waals surface area contributed by atoms with Crippen molar-refractivity contribution in [3.05, 3.63) is 47.8 Å². The minimum atomic E-state index is -0.231. The van der Waals surface area contributed by atoms with E-state index in [1.54, 1.807) is 17.2 Å². The summed E-state index contributed by atoms with van der Waals surface area (Å²) in [5.41, 5.74) is 2.25. The van der Waals surface area contributed by atoms with E-state index in [9.17, 15) is 9.59 Å². The van der Waals surface area contributed by atoms with Crippen LogP contribution in [0.3, 0.4) is 0 Å². The minimum Gasteiger partial charge on any atom is -0.454 e. The third kappa shape index (κ3) is 3.79. The Balaban J connectivity index is 1.33. The molecule has 1 aromatic carbocycles. The quantitative estimate of drug-likeness (QED) is 0.794. The number of rotatable bonds is 5. The van der Waals surface area contributed by atoms with Gasteiger partial charge >= 0.3 is 0 Å². The van der Waals surface area contributed by atoms with Crippen molar-refractivity contribution in [1.82, 2.24) is 15.2 Å². The molecule has 1 saturated heterocycles. The summed E-state index contributed by atoms with van der Waals surface area (Å²) < 4.78 is 10.6. The van der Waals surface area contributed by atoms with Gasteiger partial charge in [0, 0.05) is 32.7 Å². The monoisotopic (exact) mass is 368 g/mol. The number of amides is 2. The lowest BCUT2D eigenvalue weighted by atomic mass is 10.2. The molecule has 0 unspecified atom stereocenters. The molecule has 0 aliphatic carbocycles. The van der Waals surface area contributed by atoms with E-state index in [-0.39, 0.29) is 12.7 Å². The molecule has 0 radical (unpaired) electrons. The van der Waals surface area contributed by atoms with Gasteiger partial charge in [0.2, 0.25) is 13.2 Å². The number of aromatic nitrogens is 1. The van der Waals surface area contributed by atoms with Crippen LogP contribution in [0.4, 0.5) is 5.69 Å². The molecule has 1 N–H and O–H groups in total. The first-order valence-electron chi connectivity index (χ1n) is 8.80. The molecule has 2 aliphatic rings. The molecule has 3 heterocycles. The van der Waals surface area contributed by atoms with Crippen molar-refractivity contribution in [2.45, 2.75) is 6.54 Å². The van der Waals surface area contributed by atoms with Gasteiger partial charge in [-0.25, -0.2) is 4.98 Å². The van der Waals surface area contributed by atoms with Gasteiger partial charge in [0.05, 0.1) is 11.9 Å². The summed E-state index contributed by atoms with van der Waals surface area (Å²) in [6.07, 6.45) is 2.58. The Kier molecular flexibility index (Phi) is 4.78. The van der Waals surface area contributed by atoms with Gasteiger partial charge in [0.25, 0.3) is 5.91 Å². The van der Waals surface area contributed by atoms with Crippen LogP contribution >= 0.6 is 0 Å². The van der Waals surface area contributed by atoms with Crippen molar-refractivity contribution in [1.29, 1.82) is 0 Å². The molecule has 2 aliphatic heterocycles. The maximum atomic E-state index is 12.3. The normalized spacial score (nSPS) is 15.6. The summed E-state index contributed by atoms with van der Waals surface area (Å²) in [6, 6.07) is 9.19. The lowest BCUT2D eigenvalue weighted by Gasteiger charge is -2.33. The number of benzene rings is 1. The summed E-state index contributed by atoms with van der Waals surface area (Å²) in [7, 11) is 0. The van der Waals surface area contributed by atoms with E-state index >= 15 is 0 Å². The molecule has 0 bridgehead atoms. The van der Waals surface area contributed by atoms with Crippen molar-refractivity contribution >= 4 is 18.0 Å². The molecular weight excluding hydrogens is 348 g/mol. The molecule has 140 valence electrons. The molecule has 0 spiro atoms. The molecule has 0 saturated carbocycles. The third-order valence-corrected chi connectivity index (χ3v) is 4.70. The van der Waals surface area contributed by atoms with Crippen molar-refractivity contribution in [2.24, 2.45) is 0 Å². The maximum Gasteiger partial charge on any atom is 0.270 e. The standard InChI is InChI=1S/C19H20N4O4/c24-12-22-5-7-23(8-6-22)15-2-3-16(20-11-15)19(25)21-10-14-1-4-17-18(9-14)27-13-26-17/h1-4,9,11-12H,5-8,10,13H2,(H,21,25). The molecule has 2 aromatic rings. The zero-order chi connectivity index (χ0) is 18.6. The van der Waals surface area contributed by atoms with Crippen molar-refractivity contribution in [3.63, 3.8) is 0 Å². The van der Waals surface area contributed by atoms with Gasteiger partial charge in [0.1, 0.15) is 5.69 Å². The summed E-state index contributed by atoms with van der Waals surface area (Å²) in [6.45, 7) is 3.52. The van der Waals surface area contributed by atoms with E-state index in [0.717, 1.165) is 36.5 Å². The summed E-state index contributed by atoms with van der Waals surface area (Å²) in [4.78, 5) is 31.3. The number of carbonyl (C=O) groups excluding carboxylic acids is 2. The molecule has 1 aromatic heterocycles. The summed E-state index contributed by atoms with van der Waals surface area (Å²) in [5.74, 6) is 1.18. The topological polar surface area (TPSA) is 84.0 Å². The lowest BCUT2D eigenvalue weighted by Crippen LogP contribution is -2.45. The zero-order valence-corrected chi connectivity index (χ0v) is 14.8. The second kappa shape index (κ2) is 7.53. The molecule has 27 heavy (non-hydrogen) atoms. The van der Waals surface area contributed by atoms with E-state index in [2.05, 4.69) is 15.2 Å². The fourth-order valence-corrected chi connectivity index (χ4v) is 3.12. The minimum absolute atomic E-state index is 0.228. The number of nitrogens with zero attached hydrogens (tertiary/aromatic N) is 3. The van der Waals surface area contributed by atoms with Gasteiger partial charge < -0.3 is 24.6 Å². The largest absolute Gasteiger partial charge is 0.454 e. The van der Waals surface area contributed by atoms with Crippen LogP contribution in [0.15, 0.2) is 36.5 Å². The van der Waals surface area contributed by atoms with Gasteiger partial charge in [-0.05, 0) is 29.8 Å². The average Bonchev–Trinajstić information content (AvgIpc) is 3.20. The van der Waals surface area contributed by atoms with E-state index in [1.165, 1.54) is 0 Å². The van der Waals surface area contributed by atoms with Crippen LogP contribution in [-0.2, 0) is 11.3 Å². The summed E-state index contributed by atoms with van der Waals surface area (Å²) >= 11 is 0. The number of fused-ring (bicyclic) bond motifs is 1. The van der Waals surface area contributed by atoms with Crippen LogP contribution in [0.2, 0.25) is 0 Å². The average molecular weight is 368 g/mol. The van der Waals surface area contributed by atoms with Gasteiger partial charge in [-0.3, -0.25) is 9.59 Å². The first-order chi connectivity index (χ1) is 13.2. The number of nitrogens with one attached hydrogen (secondary N) is 1. The number of anilines is 1. The van der Waals surface area contributed by atoms with Gasteiger partial charge in [0.15, 0.2) is 11.5 Å². The predicted octanol–water partition coefficient (Wildman–Crippen LogP) is 1.02.